The van der Waals surface area contributed by atoms with Crippen LogP contribution in [0.2, 0.25) is 0 Å². The van der Waals surface area contributed by atoms with Gasteiger partial charge >= 0.3 is 0 Å². The van der Waals surface area contributed by atoms with E-state index in [2.05, 4.69) is 15.8 Å². The SMILES string of the molecule is COc1ccc2c(c1)C(=O)NC(c1ccc(OCCCCCCCCCCOc3c(OC)cc(-c4cc(-c5cc(CO)c(CO)c(CO)c5)no4)cc3OC)c(CO)c1)N2. The third-order valence-corrected chi connectivity index (χ3v) is 10.7. The molecule has 1 aliphatic heterocycles. The van der Waals surface area contributed by atoms with Crippen molar-refractivity contribution in [2.75, 3.05) is 39.9 Å². The molecule has 0 bridgehead atoms. The Labute approximate surface area is 350 Å². The first-order valence-corrected chi connectivity index (χ1v) is 20.3. The standard InChI is InChI=1S/C46H55N3O11/c1-55-35-13-14-38-36(23-35)46(54)48-45(47-38)29-12-15-40(34(18-29)27-52)58-16-10-8-6-4-5-7-9-11-17-59-44-42(56-2)21-31(22-43(44)57-3)41-24-39(49-60-41)30-19-32(25-50)37(28-53)33(20-30)26-51/h12-15,18-24,45,47,50-53H,4-11,16-17,25-28H2,1-3H3,(H,48,54). The second kappa shape index (κ2) is 21.5. The highest BCUT2D eigenvalue weighted by Gasteiger charge is 2.26. The number of benzene rings is 4. The monoisotopic (exact) mass is 825 g/mol. The number of hydrogen-bond donors (Lipinski definition) is 6. The summed E-state index contributed by atoms with van der Waals surface area (Å²) in [7, 11) is 4.70. The molecule has 1 aromatic heterocycles. The van der Waals surface area contributed by atoms with Gasteiger partial charge in [0.1, 0.15) is 23.4 Å². The number of aliphatic hydroxyl groups is 4. The molecule has 0 spiro atoms. The van der Waals surface area contributed by atoms with Crippen LogP contribution < -0.4 is 34.3 Å². The van der Waals surface area contributed by atoms with Crippen molar-refractivity contribution in [3.63, 3.8) is 0 Å². The van der Waals surface area contributed by atoms with E-state index in [1.807, 2.05) is 24.3 Å². The van der Waals surface area contributed by atoms with Crippen LogP contribution >= 0.6 is 0 Å². The van der Waals surface area contributed by atoms with Crippen LogP contribution in [-0.4, -0.2) is 66.0 Å². The van der Waals surface area contributed by atoms with E-state index in [9.17, 15) is 25.2 Å². The van der Waals surface area contributed by atoms with E-state index in [1.165, 1.54) is 0 Å². The van der Waals surface area contributed by atoms with Crippen LogP contribution in [0.25, 0.3) is 22.6 Å². The molecule has 320 valence electrons. The molecule has 2 heterocycles. The average molecular weight is 826 g/mol. The summed E-state index contributed by atoms with van der Waals surface area (Å²) in [6.45, 7) is 0.0112. The van der Waals surface area contributed by atoms with Crippen LogP contribution in [0, 0.1) is 0 Å². The second-order valence-electron chi connectivity index (χ2n) is 14.5. The minimum absolute atomic E-state index is 0.173. The van der Waals surface area contributed by atoms with Crippen molar-refractivity contribution >= 4 is 11.6 Å². The molecule has 14 heteroatoms. The normalized spacial score (nSPS) is 13.3. The van der Waals surface area contributed by atoms with E-state index < -0.39 is 6.17 Å². The van der Waals surface area contributed by atoms with Gasteiger partial charge in [-0.25, -0.2) is 0 Å². The van der Waals surface area contributed by atoms with Gasteiger partial charge in [0.05, 0.1) is 66.5 Å². The van der Waals surface area contributed by atoms with Gasteiger partial charge in [-0.15, -0.1) is 0 Å². The first kappa shape index (κ1) is 43.8. The zero-order chi connectivity index (χ0) is 42.4. The van der Waals surface area contributed by atoms with E-state index in [0.717, 1.165) is 62.6 Å². The molecule has 1 atom stereocenters. The number of carbonyl (C=O) groups excluding carboxylic acids is 1. The number of rotatable bonds is 23. The lowest BCUT2D eigenvalue weighted by atomic mass is 9.97. The molecule has 0 aliphatic carbocycles. The van der Waals surface area contributed by atoms with E-state index in [1.54, 1.807) is 63.8 Å². The largest absolute Gasteiger partial charge is 0.497 e. The van der Waals surface area contributed by atoms with Crippen molar-refractivity contribution in [2.45, 2.75) is 84.0 Å². The summed E-state index contributed by atoms with van der Waals surface area (Å²) in [5, 5.41) is 50.0. The molecule has 1 unspecified atom stereocenters. The topological polar surface area (TPSA) is 194 Å². The molecule has 0 fully saturated rings. The van der Waals surface area contributed by atoms with E-state index >= 15 is 0 Å². The number of ether oxygens (including phenoxy) is 5. The number of carbonyl (C=O) groups is 1. The van der Waals surface area contributed by atoms with Crippen molar-refractivity contribution in [3.05, 3.63) is 100 Å². The number of unbranched alkanes of at least 4 members (excludes halogenated alkanes) is 7. The predicted molar refractivity (Wildman–Crippen MR) is 225 cm³/mol. The van der Waals surface area contributed by atoms with E-state index in [0.29, 0.717) is 92.4 Å². The molecule has 1 aliphatic rings. The zero-order valence-corrected chi connectivity index (χ0v) is 34.4. The molecule has 0 saturated carbocycles. The van der Waals surface area contributed by atoms with Gasteiger partial charge in [0.15, 0.2) is 17.3 Å². The van der Waals surface area contributed by atoms with Crippen LogP contribution in [0.1, 0.15) is 95.7 Å². The maximum Gasteiger partial charge on any atom is 0.255 e. The fourth-order valence-electron chi connectivity index (χ4n) is 7.34. The summed E-state index contributed by atoms with van der Waals surface area (Å²) in [4.78, 5) is 12.8. The molecule has 4 aromatic carbocycles. The number of anilines is 1. The number of methoxy groups -OCH3 is 3. The fourth-order valence-corrected chi connectivity index (χ4v) is 7.34. The Bertz CT molecular complexity index is 2150. The highest BCUT2D eigenvalue weighted by atomic mass is 16.5. The van der Waals surface area contributed by atoms with Gasteiger partial charge in [0, 0.05) is 28.4 Å². The number of hydrogen-bond acceptors (Lipinski definition) is 13. The lowest BCUT2D eigenvalue weighted by Gasteiger charge is -2.29. The Balaban J connectivity index is 0.893. The maximum absolute atomic E-state index is 12.8. The number of amides is 1. The van der Waals surface area contributed by atoms with Gasteiger partial charge in [-0.1, -0.05) is 49.7 Å². The number of nitrogens with zero attached hydrogens (tertiary/aromatic N) is 1. The smallest absolute Gasteiger partial charge is 0.255 e. The number of nitrogens with one attached hydrogen (secondary N) is 2. The Hall–Kier alpha value is -5.80. The summed E-state index contributed by atoms with van der Waals surface area (Å²) in [5.41, 5.74) is 6.04. The number of aliphatic hydroxyl groups excluding tert-OH is 4. The lowest BCUT2D eigenvalue weighted by Crippen LogP contribution is -2.38. The summed E-state index contributed by atoms with van der Waals surface area (Å²) >= 11 is 0. The Morgan fingerprint density at radius 1 is 0.617 bits per heavy atom. The fraction of sp³-hybridized carbons (Fsp3) is 0.391. The Kier molecular flexibility index (Phi) is 15.7. The summed E-state index contributed by atoms with van der Waals surface area (Å²) in [5.74, 6) is 3.02. The van der Waals surface area contributed by atoms with Crippen molar-refractivity contribution in [1.29, 1.82) is 0 Å². The molecule has 6 N–H and O–H groups in total. The number of aromatic nitrogens is 1. The van der Waals surface area contributed by atoms with Crippen LogP contribution in [0.5, 0.6) is 28.7 Å². The number of fused-ring (bicyclic) bond motifs is 1. The van der Waals surface area contributed by atoms with Crippen molar-refractivity contribution in [1.82, 2.24) is 10.5 Å². The van der Waals surface area contributed by atoms with Crippen LogP contribution in [-0.2, 0) is 26.4 Å². The summed E-state index contributed by atoms with van der Waals surface area (Å²) < 4.78 is 34.5. The van der Waals surface area contributed by atoms with Gasteiger partial charge in [0.2, 0.25) is 5.75 Å². The van der Waals surface area contributed by atoms with Crippen LogP contribution in [0.3, 0.4) is 0 Å². The molecule has 0 saturated heterocycles. The highest BCUT2D eigenvalue weighted by molar-refractivity contribution is 6.02. The third-order valence-electron chi connectivity index (χ3n) is 10.7. The summed E-state index contributed by atoms with van der Waals surface area (Å²) in [6, 6.07) is 19.7. The van der Waals surface area contributed by atoms with Crippen molar-refractivity contribution < 1.29 is 53.4 Å². The molecule has 60 heavy (non-hydrogen) atoms. The maximum atomic E-state index is 12.8. The first-order chi connectivity index (χ1) is 29.3. The predicted octanol–water partition coefficient (Wildman–Crippen LogP) is 7.44. The van der Waals surface area contributed by atoms with Crippen LogP contribution in [0.15, 0.2) is 71.3 Å². The molecule has 14 nitrogen and oxygen atoms in total. The highest BCUT2D eigenvalue weighted by Crippen LogP contribution is 2.42. The second-order valence-corrected chi connectivity index (χ2v) is 14.5. The van der Waals surface area contributed by atoms with Gasteiger partial charge in [-0.05, 0) is 89.7 Å². The van der Waals surface area contributed by atoms with Gasteiger partial charge in [0.25, 0.3) is 5.91 Å². The molecule has 6 rings (SSSR count). The average Bonchev–Trinajstić information content (AvgIpc) is 3.79. The van der Waals surface area contributed by atoms with Gasteiger partial charge < -0.3 is 59.3 Å². The quantitative estimate of drug-likeness (QED) is 0.0356. The molecule has 0 radical (unpaired) electrons. The molecular formula is C46H55N3O11. The molecule has 1 amide bonds. The van der Waals surface area contributed by atoms with E-state index in [4.69, 9.17) is 28.2 Å². The van der Waals surface area contributed by atoms with Crippen LogP contribution in [0.4, 0.5) is 5.69 Å². The van der Waals surface area contributed by atoms with Crippen molar-refractivity contribution in [3.8, 4) is 51.3 Å². The van der Waals surface area contributed by atoms with E-state index in [-0.39, 0.29) is 32.3 Å². The first-order valence-electron chi connectivity index (χ1n) is 20.3. The molecular weight excluding hydrogens is 771 g/mol. The minimum atomic E-state index is -0.436. The van der Waals surface area contributed by atoms with Gasteiger partial charge in [-0.2, -0.15) is 0 Å². The summed E-state index contributed by atoms with van der Waals surface area (Å²) in [6.07, 6.45) is 7.93. The third kappa shape index (κ3) is 10.5. The minimum Gasteiger partial charge on any atom is -0.497 e. The molecule has 5 aromatic rings. The lowest BCUT2D eigenvalue weighted by molar-refractivity contribution is 0.0935. The van der Waals surface area contributed by atoms with Crippen molar-refractivity contribution in [2.24, 2.45) is 0 Å². The Morgan fingerprint density at radius 2 is 1.25 bits per heavy atom. The zero-order valence-electron chi connectivity index (χ0n) is 34.4. The Morgan fingerprint density at radius 3 is 1.85 bits per heavy atom. The van der Waals surface area contributed by atoms with Gasteiger partial charge in [-0.3, -0.25) is 4.79 Å².